The van der Waals surface area contributed by atoms with Crippen molar-refractivity contribution in [2.75, 3.05) is 6.54 Å². The first-order chi connectivity index (χ1) is 8.63. The number of amides is 1. The molecule has 0 unspecified atom stereocenters. The molecule has 0 atom stereocenters. The summed E-state index contributed by atoms with van der Waals surface area (Å²) in [5.74, 6) is 0.784. The molecule has 1 saturated carbocycles. The van der Waals surface area contributed by atoms with E-state index < -0.39 is 0 Å². The fraction of sp³-hybridized carbons (Fsp3) is 0.643. The highest BCUT2D eigenvalue weighted by Crippen LogP contribution is 2.18. The Morgan fingerprint density at radius 3 is 2.94 bits per heavy atom. The molecule has 1 fully saturated rings. The van der Waals surface area contributed by atoms with Gasteiger partial charge < -0.3 is 15.2 Å². The van der Waals surface area contributed by atoms with Crippen LogP contribution in [0, 0.1) is 5.92 Å². The fourth-order valence-corrected chi connectivity index (χ4v) is 1.87. The zero-order chi connectivity index (χ0) is 13.0. The minimum absolute atomic E-state index is 0.120. The van der Waals surface area contributed by atoms with Gasteiger partial charge in [0.25, 0.3) is 0 Å². The minimum Gasteiger partial charge on any atom is -0.352 e. The number of carbonyl (C=O) groups excluding carboxylic acids is 1. The lowest BCUT2D eigenvalue weighted by molar-refractivity contribution is -0.121. The van der Waals surface area contributed by atoms with E-state index in [1.165, 1.54) is 5.56 Å². The monoisotopic (exact) mass is 249 g/mol. The molecule has 1 aromatic heterocycles. The van der Waals surface area contributed by atoms with Gasteiger partial charge in [0, 0.05) is 25.0 Å². The highest BCUT2D eigenvalue weighted by Gasteiger charge is 2.22. The van der Waals surface area contributed by atoms with Gasteiger partial charge in [0.2, 0.25) is 5.91 Å². The molecular formula is C14H23N3O. The summed E-state index contributed by atoms with van der Waals surface area (Å²) in [5.41, 5.74) is 1.23. The first-order valence-electron chi connectivity index (χ1n) is 6.78. The van der Waals surface area contributed by atoms with E-state index in [2.05, 4.69) is 30.5 Å². The molecule has 0 radical (unpaired) electrons. The summed E-state index contributed by atoms with van der Waals surface area (Å²) in [6.45, 7) is 6.71. The van der Waals surface area contributed by atoms with E-state index in [0.29, 0.717) is 18.5 Å². The van der Waals surface area contributed by atoms with Crippen molar-refractivity contribution in [2.24, 2.45) is 5.92 Å². The summed E-state index contributed by atoms with van der Waals surface area (Å²) in [5, 5.41) is 6.39. The topological polar surface area (TPSA) is 46.1 Å². The van der Waals surface area contributed by atoms with Crippen LogP contribution in [-0.2, 0) is 17.9 Å². The third kappa shape index (κ3) is 4.53. The molecule has 0 bridgehead atoms. The Kier molecular flexibility index (Phi) is 4.42. The molecule has 4 heteroatoms. The molecule has 2 rings (SSSR count). The van der Waals surface area contributed by atoms with E-state index in [-0.39, 0.29) is 5.91 Å². The fourth-order valence-electron chi connectivity index (χ4n) is 1.87. The van der Waals surface area contributed by atoms with Crippen LogP contribution in [-0.4, -0.2) is 23.1 Å². The summed E-state index contributed by atoms with van der Waals surface area (Å²) in [6.07, 6.45) is 6.29. The Bertz CT molecular complexity index is 393. The molecule has 0 aromatic carbocycles. The Labute approximate surface area is 109 Å². The molecule has 2 N–H and O–H groups in total. The third-order valence-electron chi connectivity index (χ3n) is 2.96. The van der Waals surface area contributed by atoms with Gasteiger partial charge in [-0.15, -0.1) is 0 Å². The molecule has 1 heterocycles. The molecule has 1 amide bonds. The first-order valence-corrected chi connectivity index (χ1v) is 6.78. The van der Waals surface area contributed by atoms with E-state index in [0.717, 1.165) is 25.9 Å². The second-order valence-corrected chi connectivity index (χ2v) is 5.56. The van der Waals surface area contributed by atoms with Gasteiger partial charge >= 0.3 is 0 Å². The molecule has 0 saturated heterocycles. The zero-order valence-corrected chi connectivity index (χ0v) is 11.3. The third-order valence-corrected chi connectivity index (χ3v) is 2.96. The Morgan fingerprint density at radius 2 is 2.28 bits per heavy atom. The number of nitrogens with one attached hydrogen (secondary N) is 2. The maximum atomic E-state index is 11.6. The molecule has 0 aliphatic heterocycles. The van der Waals surface area contributed by atoms with Crippen molar-refractivity contribution in [2.45, 2.75) is 45.8 Å². The van der Waals surface area contributed by atoms with E-state index in [1.807, 2.05) is 17.0 Å². The summed E-state index contributed by atoms with van der Waals surface area (Å²) < 4.78 is 1.95. The molecule has 0 spiro atoms. The largest absolute Gasteiger partial charge is 0.352 e. The first kappa shape index (κ1) is 13.1. The van der Waals surface area contributed by atoms with Crippen LogP contribution in [0.25, 0.3) is 0 Å². The number of hydrogen-bond donors (Lipinski definition) is 2. The van der Waals surface area contributed by atoms with Crippen LogP contribution in [0.15, 0.2) is 18.5 Å². The lowest BCUT2D eigenvalue weighted by atomic mass is 10.2. The van der Waals surface area contributed by atoms with Crippen molar-refractivity contribution in [3.8, 4) is 0 Å². The second-order valence-electron chi connectivity index (χ2n) is 5.56. The van der Waals surface area contributed by atoms with Gasteiger partial charge in [0.1, 0.15) is 6.54 Å². The molecule has 1 aromatic rings. The summed E-state index contributed by atoms with van der Waals surface area (Å²) >= 11 is 0. The Hall–Kier alpha value is -1.29. The van der Waals surface area contributed by atoms with Crippen LogP contribution in [0.3, 0.4) is 0 Å². The SMILES string of the molecule is CC(C)CNCc1ccn(CC(=O)NC2CC2)c1. The van der Waals surface area contributed by atoms with E-state index >= 15 is 0 Å². The van der Waals surface area contributed by atoms with Gasteiger partial charge in [-0.05, 0) is 36.9 Å². The van der Waals surface area contributed by atoms with Crippen LogP contribution in [0.5, 0.6) is 0 Å². The quantitative estimate of drug-likeness (QED) is 0.769. The maximum Gasteiger partial charge on any atom is 0.240 e. The van der Waals surface area contributed by atoms with Crippen LogP contribution >= 0.6 is 0 Å². The Morgan fingerprint density at radius 1 is 1.50 bits per heavy atom. The van der Waals surface area contributed by atoms with Crippen molar-refractivity contribution in [1.29, 1.82) is 0 Å². The van der Waals surface area contributed by atoms with Gasteiger partial charge in [-0.25, -0.2) is 0 Å². The minimum atomic E-state index is 0.120. The molecule has 18 heavy (non-hydrogen) atoms. The molecular weight excluding hydrogens is 226 g/mol. The normalized spacial score (nSPS) is 15.1. The smallest absolute Gasteiger partial charge is 0.240 e. The van der Waals surface area contributed by atoms with Crippen molar-refractivity contribution >= 4 is 5.91 Å². The van der Waals surface area contributed by atoms with Gasteiger partial charge in [-0.3, -0.25) is 4.79 Å². The molecule has 1 aliphatic carbocycles. The Balaban J connectivity index is 1.72. The summed E-state index contributed by atoms with van der Waals surface area (Å²) in [4.78, 5) is 11.6. The van der Waals surface area contributed by atoms with Crippen molar-refractivity contribution < 1.29 is 4.79 Å². The average molecular weight is 249 g/mol. The lowest BCUT2D eigenvalue weighted by Crippen LogP contribution is -2.28. The van der Waals surface area contributed by atoms with Crippen molar-refractivity contribution in [3.05, 3.63) is 24.0 Å². The second kappa shape index (κ2) is 6.05. The van der Waals surface area contributed by atoms with Crippen LogP contribution in [0.4, 0.5) is 0 Å². The lowest BCUT2D eigenvalue weighted by Gasteiger charge is -2.06. The predicted octanol–water partition coefficient (Wildman–Crippen LogP) is 1.51. The maximum absolute atomic E-state index is 11.6. The highest BCUT2D eigenvalue weighted by molar-refractivity contribution is 5.76. The standard InChI is InChI=1S/C14H23N3O/c1-11(2)7-15-8-12-5-6-17(9-12)10-14(18)16-13-3-4-13/h5-6,9,11,13,15H,3-4,7-8,10H2,1-2H3,(H,16,18). The van der Waals surface area contributed by atoms with Crippen LogP contribution in [0.1, 0.15) is 32.3 Å². The number of hydrogen-bond acceptors (Lipinski definition) is 2. The predicted molar refractivity (Wildman–Crippen MR) is 72.1 cm³/mol. The van der Waals surface area contributed by atoms with Crippen LogP contribution in [0.2, 0.25) is 0 Å². The summed E-state index contributed by atoms with van der Waals surface area (Å²) in [6, 6.07) is 2.51. The van der Waals surface area contributed by atoms with Gasteiger partial charge in [-0.2, -0.15) is 0 Å². The average Bonchev–Trinajstić information content (AvgIpc) is 2.98. The van der Waals surface area contributed by atoms with Gasteiger partial charge in [-0.1, -0.05) is 13.8 Å². The zero-order valence-electron chi connectivity index (χ0n) is 11.3. The van der Waals surface area contributed by atoms with Crippen molar-refractivity contribution in [3.63, 3.8) is 0 Å². The van der Waals surface area contributed by atoms with Gasteiger partial charge in [0.15, 0.2) is 0 Å². The van der Waals surface area contributed by atoms with E-state index in [4.69, 9.17) is 0 Å². The van der Waals surface area contributed by atoms with E-state index in [9.17, 15) is 4.79 Å². The van der Waals surface area contributed by atoms with Gasteiger partial charge in [0.05, 0.1) is 0 Å². The number of aromatic nitrogens is 1. The number of rotatable bonds is 7. The summed E-state index contributed by atoms with van der Waals surface area (Å²) in [7, 11) is 0. The van der Waals surface area contributed by atoms with E-state index in [1.54, 1.807) is 0 Å². The van der Waals surface area contributed by atoms with Crippen molar-refractivity contribution in [1.82, 2.24) is 15.2 Å². The molecule has 100 valence electrons. The highest BCUT2D eigenvalue weighted by atomic mass is 16.2. The molecule has 1 aliphatic rings. The molecule has 4 nitrogen and oxygen atoms in total. The number of nitrogens with zero attached hydrogens (tertiary/aromatic N) is 1. The number of carbonyl (C=O) groups is 1. The van der Waals surface area contributed by atoms with Crippen LogP contribution < -0.4 is 10.6 Å².